The fraction of sp³-hybridized carbons (Fsp3) is 0.200. The Kier molecular flexibility index (Phi) is 5.32. The Morgan fingerprint density at radius 1 is 1.21 bits per heavy atom. The monoisotopic (exact) mass is 455 g/mol. The predicted octanol–water partition coefficient (Wildman–Crippen LogP) is 4.25. The third kappa shape index (κ3) is 3.74. The third-order valence-corrected chi connectivity index (χ3v) is 5.88. The topological polar surface area (TPSA) is 72.7 Å². The number of halogens is 1. The minimum Gasteiger partial charge on any atom is -0.349 e. The summed E-state index contributed by atoms with van der Waals surface area (Å²) in [6.45, 7) is 1.97. The molecule has 0 fully saturated rings. The SMILES string of the molecule is CC(NC(=O)CSc1nnc2c3cc(Br)ccc3n(C)c2n1)c1ccccc1. The van der Waals surface area contributed by atoms with E-state index < -0.39 is 0 Å². The van der Waals surface area contributed by atoms with Crippen molar-refractivity contribution in [2.24, 2.45) is 7.05 Å². The fourth-order valence-corrected chi connectivity index (χ4v) is 4.07. The van der Waals surface area contributed by atoms with Crippen molar-refractivity contribution in [3.8, 4) is 0 Å². The van der Waals surface area contributed by atoms with Crippen molar-refractivity contribution in [2.45, 2.75) is 18.1 Å². The number of carbonyl (C=O) groups is 1. The van der Waals surface area contributed by atoms with Crippen LogP contribution < -0.4 is 5.32 Å². The number of thioether (sulfide) groups is 1. The van der Waals surface area contributed by atoms with Gasteiger partial charge in [0.15, 0.2) is 5.65 Å². The van der Waals surface area contributed by atoms with E-state index in [-0.39, 0.29) is 17.7 Å². The highest BCUT2D eigenvalue weighted by Gasteiger charge is 2.15. The summed E-state index contributed by atoms with van der Waals surface area (Å²) in [5.74, 6) is 0.172. The third-order valence-electron chi connectivity index (χ3n) is 4.55. The van der Waals surface area contributed by atoms with Crippen molar-refractivity contribution in [2.75, 3.05) is 5.75 Å². The molecule has 1 amide bonds. The number of carbonyl (C=O) groups excluding carboxylic acids is 1. The van der Waals surface area contributed by atoms with E-state index in [1.807, 2.05) is 67.1 Å². The Morgan fingerprint density at radius 2 is 2.00 bits per heavy atom. The van der Waals surface area contributed by atoms with E-state index in [0.29, 0.717) is 5.16 Å². The number of benzene rings is 2. The second kappa shape index (κ2) is 7.89. The van der Waals surface area contributed by atoms with Crippen LogP contribution in [0.25, 0.3) is 22.1 Å². The first-order valence-corrected chi connectivity index (χ1v) is 10.6. The summed E-state index contributed by atoms with van der Waals surface area (Å²) in [5, 5.41) is 13.0. The van der Waals surface area contributed by atoms with Crippen molar-refractivity contribution >= 4 is 55.7 Å². The first-order chi connectivity index (χ1) is 13.5. The lowest BCUT2D eigenvalue weighted by molar-refractivity contribution is -0.119. The number of fused-ring (bicyclic) bond motifs is 3. The van der Waals surface area contributed by atoms with Crippen LogP contribution in [-0.2, 0) is 11.8 Å². The molecule has 0 bridgehead atoms. The van der Waals surface area contributed by atoms with Crippen molar-refractivity contribution < 1.29 is 4.79 Å². The Balaban J connectivity index is 1.48. The standard InChI is InChI=1S/C20H18BrN5OS/c1-12(13-6-4-3-5-7-13)22-17(27)11-28-20-23-19-18(24-25-20)15-10-14(21)8-9-16(15)26(19)2/h3-10,12H,11H2,1-2H3,(H,22,27). The Bertz CT molecular complexity index is 1160. The van der Waals surface area contributed by atoms with E-state index >= 15 is 0 Å². The molecule has 28 heavy (non-hydrogen) atoms. The summed E-state index contributed by atoms with van der Waals surface area (Å²) in [6, 6.07) is 15.9. The molecule has 0 aliphatic heterocycles. The molecule has 1 N–H and O–H groups in total. The number of nitrogens with zero attached hydrogens (tertiary/aromatic N) is 4. The zero-order valence-corrected chi connectivity index (χ0v) is 17.8. The van der Waals surface area contributed by atoms with Crippen molar-refractivity contribution in [1.82, 2.24) is 25.1 Å². The molecule has 1 unspecified atom stereocenters. The summed E-state index contributed by atoms with van der Waals surface area (Å²) in [6.07, 6.45) is 0. The van der Waals surface area contributed by atoms with Gasteiger partial charge in [0.25, 0.3) is 0 Å². The van der Waals surface area contributed by atoms with Gasteiger partial charge in [-0.1, -0.05) is 58.0 Å². The van der Waals surface area contributed by atoms with Gasteiger partial charge in [0.05, 0.1) is 17.3 Å². The molecule has 0 spiro atoms. The van der Waals surface area contributed by atoms with E-state index in [4.69, 9.17) is 0 Å². The number of nitrogens with one attached hydrogen (secondary N) is 1. The van der Waals surface area contributed by atoms with Crippen LogP contribution in [0.4, 0.5) is 0 Å². The minimum atomic E-state index is -0.0639. The largest absolute Gasteiger partial charge is 0.349 e. The van der Waals surface area contributed by atoms with Crippen molar-refractivity contribution in [3.63, 3.8) is 0 Å². The highest BCUT2D eigenvalue weighted by atomic mass is 79.9. The maximum atomic E-state index is 12.3. The first kappa shape index (κ1) is 18.9. The van der Waals surface area contributed by atoms with Crippen molar-refractivity contribution in [3.05, 3.63) is 58.6 Å². The molecule has 142 valence electrons. The molecule has 0 aliphatic carbocycles. The predicted molar refractivity (Wildman–Crippen MR) is 115 cm³/mol. The first-order valence-electron chi connectivity index (χ1n) is 8.78. The van der Waals surface area contributed by atoms with Crippen molar-refractivity contribution in [1.29, 1.82) is 0 Å². The van der Waals surface area contributed by atoms with Gasteiger partial charge in [-0.15, -0.1) is 10.2 Å². The molecule has 0 saturated carbocycles. The van der Waals surface area contributed by atoms with Crippen LogP contribution >= 0.6 is 27.7 Å². The molecule has 4 rings (SSSR count). The molecule has 2 aromatic carbocycles. The van der Waals surface area contributed by atoms with Gasteiger partial charge in [-0.2, -0.15) is 0 Å². The van der Waals surface area contributed by atoms with E-state index in [2.05, 4.69) is 36.4 Å². The normalized spacial score (nSPS) is 12.4. The maximum Gasteiger partial charge on any atom is 0.230 e. The Hall–Kier alpha value is -2.45. The molecule has 0 aliphatic rings. The number of hydrogen-bond donors (Lipinski definition) is 1. The van der Waals surface area contributed by atoms with Crippen LogP contribution in [0.15, 0.2) is 58.2 Å². The van der Waals surface area contributed by atoms with Gasteiger partial charge in [-0.3, -0.25) is 4.79 Å². The van der Waals surface area contributed by atoms with Gasteiger partial charge in [-0.05, 0) is 30.7 Å². The second-order valence-corrected chi connectivity index (χ2v) is 8.33. The molecule has 6 nitrogen and oxygen atoms in total. The molecular formula is C20H18BrN5OS. The maximum absolute atomic E-state index is 12.3. The Labute approximate surface area is 174 Å². The molecule has 8 heteroatoms. The highest BCUT2D eigenvalue weighted by Crippen LogP contribution is 2.28. The van der Waals surface area contributed by atoms with Gasteiger partial charge in [0, 0.05) is 16.9 Å². The summed E-state index contributed by atoms with van der Waals surface area (Å²) >= 11 is 4.78. The molecule has 0 saturated heterocycles. The van der Waals surface area contributed by atoms with Gasteiger partial charge in [-0.25, -0.2) is 4.98 Å². The zero-order valence-electron chi connectivity index (χ0n) is 15.4. The van der Waals surface area contributed by atoms with Crippen LogP contribution in [0.3, 0.4) is 0 Å². The fourth-order valence-electron chi connectivity index (χ4n) is 3.12. The smallest absolute Gasteiger partial charge is 0.230 e. The lowest BCUT2D eigenvalue weighted by Crippen LogP contribution is -2.28. The summed E-state index contributed by atoms with van der Waals surface area (Å²) in [4.78, 5) is 16.9. The average molecular weight is 456 g/mol. The van der Waals surface area contributed by atoms with E-state index in [1.54, 1.807) is 0 Å². The quantitative estimate of drug-likeness (QED) is 0.455. The van der Waals surface area contributed by atoms with Crippen LogP contribution in [0.2, 0.25) is 0 Å². The minimum absolute atomic E-state index is 0.0487. The van der Waals surface area contributed by atoms with Crippen LogP contribution in [0.1, 0.15) is 18.5 Å². The second-order valence-electron chi connectivity index (χ2n) is 6.48. The zero-order chi connectivity index (χ0) is 19.7. The van der Waals surface area contributed by atoms with Crippen LogP contribution in [-0.4, -0.2) is 31.4 Å². The molecule has 2 aromatic heterocycles. The summed E-state index contributed by atoms with van der Waals surface area (Å²) in [5.41, 5.74) is 3.62. The van der Waals surface area contributed by atoms with E-state index in [1.165, 1.54) is 11.8 Å². The Morgan fingerprint density at radius 3 is 2.79 bits per heavy atom. The van der Waals surface area contributed by atoms with E-state index in [9.17, 15) is 4.79 Å². The van der Waals surface area contributed by atoms with Crippen LogP contribution in [0.5, 0.6) is 0 Å². The van der Waals surface area contributed by atoms with Gasteiger partial charge >= 0.3 is 0 Å². The van der Waals surface area contributed by atoms with Crippen LogP contribution in [0, 0.1) is 0 Å². The molecule has 0 radical (unpaired) electrons. The molecular weight excluding hydrogens is 438 g/mol. The lowest BCUT2D eigenvalue weighted by Gasteiger charge is -2.13. The molecule has 4 aromatic rings. The number of amides is 1. The summed E-state index contributed by atoms with van der Waals surface area (Å²) in [7, 11) is 1.95. The van der Waals surface area contributed by atoms with Gasteiger partial charge in [0.2, 0.25) is 11.1 Å². The molecule has 2 heterocycles. The van der Waals surface area contributed by atoms with Gasteiger partial charge in [0.1, 0.15) is 5.52 Å². The van der Waals surface area contributed by atoms with E-state index in [0.717, 1.165) is 32.1 Å². The lowest BCUT2D eigenvalue weighted by atomic mass is 10.1. The average Bonchev–Trinajstić information content (AvgIpc) is 2.98. The molecule has 1 atom stereocenters. The van der Waals surface area contributed by atoms with Gasteiger partial charge < -0.3 is 9.88 Å². The number of aromatic nitrogens is 4. The number of aryl methyl sites for hydroxylation is 1. The summed E-state index contributed by atoms with van der Waals surface area (Å²) < 4.78 is 2.98. The highest BCUT2D eigenvalue weighted by molar-refractivity contribution is 9.10. The number of rotatable bonds is 5. The number of hydrogen-bond acceptors (Lipinski definition) is 5.